The van der Waals surface area contributed by atoms with E-state index in [0.717, 1.165) is 13.1 Å². The number of hydrogen-bond donors (Lipinski definition) is 1. The normalized spacial score (nSPS) is 27.6. The molecule has 0 amide bonds. The number of aryl methyl sites for hydroxylation is 1. The summed E-state index contributed by atoms with van der Waals surface area (Å²) in [6, 6.07) is 8.43. The van der Waals surface area contributed by atoms with Gasteiger partial charge in [-0.2, -0.15) is 0 Å². The van der Waals surface area contributed by atoms with Gasteiger partial charge in [0.15, 0.2) is 0 Å². The summed E-state index contributed by atoms with van der Waals surface area (Å²) in [5, 5.41) is 3.39. The van der Waals surface area contributed by atoms with Crippen LogP contribution in [-0.2, 0) is 4.74 Å². The lowest BCUT2D eigenvalue weighted by Gasteiger charge is -2.29. The third-order valence-corrected chi connectivity index (χ3v) is 2.69. The number of ether oxygens (including phenoxy) is 1. The van der Waals surface area contributed by atoms with Crippen molar-refractivity contribution in [3.8, 4) is 0 Å². The molecule has 1 aromatic rings. The molecule has 2 nitrogen and oxygen atoms in total. The zero-order valence-corrected chi connectivity index (χ0v) is 8.79. The second kappa shape index (κ2) is 4.11. The fraction of sp³-hybridized carbons (Fsp3) is 0.500. The molecule has 2 heteroatoms. The molecule has 2 rings (SSSR count). The molecule has 0 radical (unpaired) electrons. The monoisotopic (exact) mass is 191 g/mol. The Balaban J connectivity index is 2.18. The van der Waals surface area contributed by atoms with Gasteiger partial charge in [-0.15, -0.1) is 0 Å². The topological polar surface area (TPSA) is 21.3 Å². The van der Waals surface area contributed by atoms with E-state index in [2.05, 4.69) is 43.4 Å². The van der Waals surface area contributed by atoms with Gasteiger partial charge in [0.2, 0.25) is 0 Å². The highest BCUT2D eigenvalue weighted by molar-refractivity contribution is 5.28. The Bertz CT molecular complexity index is 311. The molecule has 1 aliphatic heterocycles. The van der Waals surface area contributed by atoms with Gasteiger partial charge in [-0.3, -0.25) is 0 Å². The van der Waals surface area contributed by atoms with Gasteiger partial charge in [0.05, 0.1) is 12.2 Å². The molecule has 2 atom stereocenters. The lowest BCUT2D eigenvalue weighted by atomic mass is 10.0. The Morgan fingerprint density at radius 1 is 1.29 bits per heavy atom. The average Bonchev–Trinajstić information content (AvgIpc) is 2.18. The van der Waals surface area contributed by atoms with Crippen molar-refractivity contribution in [2.24, 2.45) is 0 Å². The minimum atomic E-state index is 0.222. The van der Waals surface area contributed by atoms with Gasteiger partial charge in [-0.25, -0.2) is 0 Å². The first-order valence-electron chi connectivity index (χ1n) is 5.19. The second-order valence-electron chi connectivity index (χ2n) is 3.95. The van der Waals surface area contributed by atoms with E-state index < -0.39 is 0 Å². The van der Waals surface area contributed by atoms with Crippen molar-refractivity contribution < 1.29 is 4.74 Å². The van der Waals surface area contributed by atoms with Crippen molar-refractivity contribution in [3.63, 3.8) is 0 Å². The molecule has 0 spiro atoms. The molecule has 0 aliphatic carbocycles. The number of benzene rings is 1. The summed E-state index contributed by atoms with van der Waals surface area (Å²) >= 11 is 0. The second-order valence-corrected chi connectivity index (χ2v) is 3.95. The highest BCUT2D eigenvalue weighted by atomic mass is 16.5. The molecular formula is C12H17NO. The lowest BCUT2D eigenvalue weighted by molar-refractivity contribution is -0.0290. The van der Waals surface area contributed by atoms with Crippen molar-refractivity contribution in [2.45, 2.75) is 26.1 Å². The summed E-state index contributed by atoms with van der Waals surface area (Å²) in [4.78, 5) is 0. The van der Waals surface area contributed by atoms with Crippen LogP contribution in [0, 0.1) is 6.92 Å². The molecule has 1 aromatic carbocycles. The van der Waals surface area contributed by atoms with Crippen LogP contribution in [0.5, 0.6) is 0 Å². The Morgan fingerprint density at radius 2 is 2.07 bits per heavy atom. The molecule has 2 unspecified atom stereocenters. The molecule has 0 bridgehead atoms. The van der Waals surface area contributed by atoms with E-state index in [1.54, 1.807) is 0 Å². The van der Waals surface area contributed by atoms with Gasteiger partial charge in [0, 0.05) is 13.1 Å². The predicted octanol–water partition coefficient (Wildman–Crippen LogP) is 2.04. The largest absolute Gasteiger partial charge is 0.368 e. The predicted molar refractivity (Wildman–Crippen MR) is 57.3 cm³/mol. The summed E-state index contributed by atoms with van der Waals surface area (Å²) in [5.41, 5.74) is 2.62. The van der Waals surface area contributed by atoms with Gasteiger partial charge in [-0.1, -0.05) is 24.3 Å². The van der Waals surface area contributed by atoms with Crippen molar-refractivity contribution in [3.05, 3.63) is 35.4 Å². The molecular weight excluding hydrogens is 174 g/mol. The zero-order valence-electron chi connectivity index (χ0n) is 8.79. The minimum absolute atomic E-state index is 0.222. The Kier molecular flexibility index (Phi) is 2.85. The van der Waals surface area contributed by atoms with Crippen molar-refractivity contribution in [2.75, 3.05) is 13.1 Å². The Hall–Kier alpha value is -0.860. The van der Waals surface area contributed by atoms with E-state index in [1.807, 2.05) is 0 Å². The molecule has 14 heavy (non-hydrogen) atoms. The van der Waals surface area contributed by atoms with E-state index in [9.17, 15) is 0 Å². The van der Waals surface area contributed by atoms with Crippen LogP contribution < -0.4 is 5.32 Å². The summed E-state index contributed by atoms with van der Waals surface area (Å²) in [6.45, 7) is 6.13. The molecule has 1 N–H and O–H groups in total. The molecule has 1 fully saturated rings. The smallest absolute Gasteiger partial charge is 0.0956 e. The van der Waals surface area contributed by atoms with E-state index in [0.29, 0.717) is 6.10 Å². The minimum Gasteiger partial charge on any atom is -0.368 e. The van der Waals surface area contributed by atoms with Crippen LogP contribution in [0.2, 0.25) is 0 Å². The Morgan fingerprint density at radius 3 is 2.79 bits per heavy atom. The molecule has 1 saturated heterocycles. The average molecular weight is 191 g/mol. The lowest BCUT2D eigenvalue weighted by Crippen LogP contribution is -2.39. The van der Waals surface area contributed by atoms with Crippen LogP contribution >= 0.6 is 0 Å². The maximum atomic E-state index is 5.89. The van der Waals surface area contributed by atoms with Crippen LogP contribution in [0.15, 0.2) is 24.3 Å². The van der Waals surface area contributed by atoms with Crippen molar-refractivity contribution >= 4 is 0 Å². The highest BCUT2D eigenvalue weighted by Gasteiger charge is 2.20. The van der Waals surface area contributed by atoms with Gasteiger partial charge in [0.25, 0.3) is 0 Å². The van der Waals surface area contributed by atoms with Crippen LogP contribution in [0.25, 0.3) is 0 Å². The SMILES string of the molecule is Cc1ccccc1C1CNCC(C)O1. The quantitative estimate of drug-likeness (QED) is 0.733. The fourth-order valence-electron chi connectivity index (χ4n) is 1.93. The molecule has 0 saturated carbocycles. The summed E-state index contributed by atoms with van der Waals surface area (Å²) in [6.07, 6.45) is 0.535. The Labute approximate surface area is 85.3 Å². The first-order chi connectivity index (χ1) is 6.77. The van der Waals surface area contributed by atoms with Gasteiger partial charge >= 0.3 is 0 Å². The van der Waals surface area contributed by atoms with Gasteiger partial charge in [0.1, 0.15) is 0 Å². The van der Waals surface area contributed by atoms with Crippen LogP contribution in [-0.4, -0.2) is 19.2 Å². The van der Waals surface area contributed by atoms with Crippen LogP contribution in [0.4, 0.5) is 0 Å². The number of morpholine rings is 1. The molecule has 76 valence electrons. The molecule has 1 heterocycles. The first-order valence-corrected chi connectivity index (χ1v) is 5.19. The number of hydrogen-bond acceptors (Lipinski definition) is 2. The summed E-state index contributed by atoms with van der Waals surface area (Å²) < 4.78 is 5.89. The maximum absolute atomic E-state index is 5.89. The van der Waals surface area contributed by atoms with E-state index in [4.69, 9.17) is 4.74 Å². The zero-order chi connectivity index (χ0) is 9.97. The number of nitrogens with one attached hydrogen (secondary N) is 1. The number of rotatable bonds is 1. The fourth-order valence-corrected chi connectivity index (χ4v) is 1.93. The van der Waals surface area contributed by atoms with Crippen LogP contribution in [0.1, 0.15) is 24.2 Å². The standard InChI is InChI=1S/C12H17NO/c1-9-5-3-4-6-11(9)12-8-13-7-10(2)14-12/h3-6,10,12-13H,7-8H2,1-2H3. The first kappa shape index (κ1) is 9.69. The van der Waals surface area contributed by atoms with Gasteiger partial charge < -0.3 is 10.1 Å². The van der Waals surface area contributed by atoms with Gasteiger partial charge in [-0.05, 0) is 25.0 Å². The van der Waals surface area contributed by atoms with Crippen molar-refractivity contribution in [1.82, 2.24) is 5.32 Å². The van der Waals surface area contributed by atoms with E-state index in [-0.39, 0.29) is 6.10 Å². The third-order valence-electron chi connectivity index (χ3n) is 2.69. The third kappa shape index (κ3) is 1.97. The van der Waals surface area contributed by atoms with Crippen LogP contribution in [0.3, 0.4) is 0 Å². The highest BCUT2D eigenvalue weighted by Crippen LogP contribution is 2.23. The molecule has 1 aliphatic rings. The van der Waals surface area contributed by atoms with E-state index >= 15 is 0 Å². The summed E-state index contributed by atoms with van der Waals surface area (Å²) in [5.74, 6) is 0. The molecule has 0 aromatic heterocycles. The summed E-state index contributed by atoms with van der Waals surface area (Å²) in [7, 11) is 0. The van der Waals surface area contributed by atoms with Crippen molar-refractivity contribution in [1.29, 1.82) is 0 Å². The maximum Gasteiger partial charge on any atom is 0.0956 e. The van der Waals surface area contributed by atoms with E-state index in [1.165, 1.54) is 11.1 Å².